The second-order valence-corrected chi connectivity index (χ2v) is 6.43. The molecule has 1 saturated carbocycles. The first kappa shape index (κ1) is 14.4. The summed E-state index contributed by atoms with van der Waals surface area (Å²) in [6.07, 6.45) is 6.52. The van der Waals surface area contributed by atoms with Crippen LogP contribution in [0, 0.1) is 0 Å². The van der Waals surface area contributed by atoms with Crippen molar-refractivity contribution in [1.29, 1.82) is 0 Å². The smallest absolute Gasteiger partial charge is 0.318 e. The molecule has 0 radical (unpaired) electrons. The number of aromatic nitrogens is 2. The van der Waals surface area contributed by atoms with Crippen LogP contribution in [-0.2, 0) is 0 Å². The van der Waals surface area contributed by atoms with Crippen LogP contribution >= 0.6 is 0 Å². The topological polar surface area (TPSA) is 71.3 Å². The van der Waals surface area contributed by atoms with Crippen LogP contribution in [0.1, 0.15) is 76.0 Å². The fourth-order valence-electron chi connectivity index (χ4n) is 3.21. The Hall–Kier alpha value is -1.59. The number of carbonyl (C=O) groups is 1. The molecule has 6 heteroatoms. The molecule has 0 spiro atoms. The van der Waals surface area contributed by atoms with Gasteiger partial charge in [-0.2, -0.15) is 4.98 Å². The molecule has 0 bridgehead atoms. The molecular weight excluding hydrogens is 268 g/mol. The highest BCUT2D eigenvalue weighted by Gasteiger charge is 2.35. The Labute approximate surface area is 125 Å². The lowest BCUT2D eigenvalue weighted by Gasteiger charge is -2.24. The third kappa shape index (κ3) is 3.04. The highest BCUT2D eigenvalue weighted by molar-refractivity contribution is 5.75. The maximum absolute atomic E-state index is 12.5. The van der Waals surface area contributed by atoms with Crippen molar-refractivity contribution in [2.45, 2.75) is 70.4 Å². The van der Waals surface area contributed by atoms with Crippen LogP contribution in [0.3, 0.4) is 0 Å². The number of rotatable bonds is 3. The summed E-state index contributed by atoms with van der Waals surface area (Å²) in [5.41, 5.74) is 0. The molecule has 1 aromatic rings. The number of amides is 2. The third-order valence-corrected chi connectivity index (χ3v) is 4.46. The predicted molar refractivity (Wildman–Crippen MR) is 77.9 cm³/mol. The second-order valence-electron chi connectivity index (χ2n) is 6.43. The van der Waals surface area contributed by atoms with Gasteiger partial charge in [-0.15, -0.1) is 0 Å². The van der Waals surface area contributed by atoms with Crippen molar-refractivity contribution in [2.24, 2.45) is 0 Å². The Morgan fingerprint density at radius 3 is 2.71 bits per heavy atom. The van der Waals surface area contributed by atoms with Crippen LogP contribution in [0.2, 0.25) is 0 Å². The Morgan fingerprint density at radius 2 is 2.05 bits per heavy atom. The SMILES string of the molecule is CC(C)c1noc(C2CCCN2C(=O)NC2CCCC2)n1. The lowest BCUT2D eigenvalue weighted by atomic mass is 10.2. The summed E-state index contributed by atoms with van der Waals surface area (Å²) in [4.78, 5) is 18.8. The number of carbonyl (C=O) groups excluding carboxylic acids is 1. The minimum Gasteiger partial charge on any atom is -0.337 e. The number of likely N-dealkylation sites (tertiary alicyclic amines) is 1. The van der Waals surface area contributed by atoms with E-state index in [0.29, 0.717) is 17.8 Å². The molecule has 1 saturated heterocycles. The van der Waals surface area contributed by atoms with Crippen molar-refractivity contribution in [3.8, 4) is 0 Å². The summed E-state index contributed by atoms with van der Waals surface area (Å²) in [7, 11) is 0. The highest BCUT2D eigenvalue weighted by Crippen LogP contribution is 2.31. The molecule has 1 aliphatic heterocycles. The van der Waals surface area contributed by atoms with E-state index in [0.717, 1.165) is 32.2 Å². The first-order chi connectivity index (χ1) is 10.1. The van der Waals surface area contributed by atoms with Crippen molar-refractivity contribution in [3.05, 3.63) is 11.7 Å². The second kappa shape index (κ2) is 6.03. The van der Waals surface area contributed by atoms with Gasteiger partial charge in [-0.1, -0.05) is 31.8 Å². The van der Waals surface area contributed by atoms with Gasteiger partial charge in [-0.25, -0.2) is 4.79 Å². The van der Waals surface area contributed by atoms with E-state index >= 15 is 0 Å². The minimum atomic E-state index is -0.0635. The van der Waals surface area contributed by atoms with Crippen LogP contribution < -0.4 is 5.32 Å². The van der Waals surface area contributed by atoms with E-state index in [1.807, 2.05) is 18.7 Å². The standard InChI is InChI=1S/C15H24N4O2/c1-10(2)13-17-14(21-18-13)12-8-5-9-19(12)15(20)16-11-6-3-4-7-11/h10-12H,3-9H2,1-2H3,(H,16,20). The van der Waals surface area contributed by atoms with E-state index in [4.69, 9.17) is 4.52 Å². The third-order valence-electron chi connectivity index (χ3n) is 4.46. The summed E-state index contributed by atoms with van der Waals surface area (Å²) in [6.45, 7) is 4.84. The molecule has 2 aliphatic rings. The summed E-state index contributed by atoms with van der Waals surface area (Å²) in [5.74, 6) is 1.54. The fourth-order valence-corrected chi connectivity index (χ4v) is 3.21. The van der Waals surface area contributed by atoms with E-state index < -0.39 is 0 Å². The van der Waals surface area contributed by atoms with Gasteiger partial charge in [0.2, 0.25) is 5.89 Å². The zero-order valence-corrected chi connectivity index (χ0v) is 12.8. The predicted octanol–water partition coefficient (Wildman–Crippen LogP) is 2.98. The van der Waals surface area contributed by atoms with Crippen molar-refractivity contribution in [1.82, 2.24) is 20.4 Å². The average molecular weight is 292 g/mol. The van der Waals surface area contributed by atoms with Gasteiger partial charge in [0, 0.05) is 18.5 Å². The molecule has 0 aromatic carbocycles. The highest BCUT2D eigenvalue weighted by atomic mass is 16.5. The van der Waals surface area contributed by atoms with Gasteiger partial charge in [0.25, 0.3) is 0 Å². The van der Waals surface area contributed by atoms with E-state index in [9.17, 15) is 4.79 Å². The molecule has 1 atom stereocenters. The normalized spacial score (nSPS) is 23.2. The van der Waals surface area contributed by atoms with E-state index in [-0.39, 0.29) is 18.0 Å². The molecule has 6 nitrogen and oxygen atoms in total. The lowest BCUT2D eigenvalue weighted by molar-refractivity contribution is 0.177. The Bertz CT molecular complexity index is 494. The van der Waals surface area contributed by atoms with Crippen molar-refractivity contribution in [2.75, 3.05) is 6.54 Å². The maximum atomic E-state index is 12.5. The van der Waals surface area contributed by atoms with Crippen molar-refractivity contribution in [3.63, 3.8) is 0 Å². The number of hydrogen-bond donors (Lipinski definition) is 1. The van der Waals surface area contributed by atoms with Crippen molar-refractivity contribution < 1.29 is 9.32 Å². The van der Waals surface area contributed by atoms with Gasteiger partial charge >= 0.3 is 6.03 Å². The minimum absolute atomic E-state index is 0.0219. The molecule has 2 fully saturated rings. The molecule has 1 unspecified atom stereocenters. The Morgan fingerprint density at radius 1 is 1.29 bits per heavy atom. The summed E-state index contributed by atoms with van der Waals surface area (Å²) in [6, 6.07) is 0.299. The first-order valence-corrected chi connectivity index (χ1v) is 8.06. The molecule has 2 amide bonds. The van der Waals surface area contributed by atoms with Crippen LogP contribution in [-0.4, -0.2) is 33.7 Å². The molecule has 2 heterocycles. The molecule has 1 aromatic heterocycles. The number of hydrogen-bond acceptors (Lipinski definition) is 4. The lowest BCUT2D eigenvalue weighted by Crippen LogP contribution is -2.43. The van der Waals surface area contributed by atoms with Crippen LogP contribution in [0.15, 0.2) is 4.52 Å². The maximum Gasteiger partial charge on any atom is 0.318 e. The summed E-state index contributed by atoms with van der Waals surface area (Å²) >= 11 is 0. The van der Waals surface area contributed by atoms with Gasteiger partial charge in [0.15, 0.2) is 5.82 Å². The molecule has 3 rings (SSSR count). The van der Waals surface area contributed by atoms with E-state index in [1.165, 1.54) is 12.8 Å². The molecule has 1 N–H and O–H groups in total. The number of urea groups is 1. The van der Waals surface area contributed by atoms with Gasteiger partial charge in [0.05, 0.1) is 0 Å². The monoisotopic (exact) mass is 292 g/mol. The quantitative estimate of drug-likeness (QED) is 0.929. The molecule has 21 heavy (non-hydrogen) atoms. The van der Waals surface area contributed by atoms with Crippen LogP contribution in [0.25, 0.3) is 0 Å². The first-order valence-electron chi connectivity index (χ1n) is 8.06. The molecular formula is C15H24N4O2. The zero-order valence-electron chi connectivity index (χ0n) is 12.8. The number of nitrogens with one attached hydrogen (secondary N) is 1. The van der Waals surface area contributed by atoms with Gasteiger partial charge in [-0.3, -0.25) is 0 Å². The Balaban J connectivity index is 1.67. The summed E-state index contributed by atoms with van der Waals surface area (Å²) < 4.78 is 5.38. The molecule has 116 valence electrons. The fraction of sp³-hybridized carbons (Fsp3) is 0.800. The summed E-state index contributed by atoms with van der Waals surface area (Å²) in [5, 5.41) is 7.16. The van der Waals surface area contributed by atoms with E-state index in [1.54, 1.807) is 0 Å². The largest absolute Gasteiger partial charge is 0.337 e. The van der Waals surface area contributed by atoms with Crippen LogP contribution in [0.4, 0.5) is 4.79 Å². The van der Waals surface area contributed by atoms with Gasteiger partial charge < -0.3 is 14.7 Å². The van der Waals surface area contributed by atoms with Crippen molar-refractivity contribution >= 4 is 6.03 Å². The average Bonchev–Trinajstić information content (AvgIpc) is 3.19. The zero-order chi connectivity index (χ0) is 14.8. The van der Waals surface area contributed by atoms with Gasteiger partial charge in [-0.05, 0) is 25.7 Å². The Kier molecular flexibility index (Phi) is 4.12. The molecule has 1 aliphatic carbocycles. The number of nitrogens with zero attached hydrogens (tertiary/aromatic N) is 3. The van der Waals surface area contributed by atoms with Gasteiger partial charge in [0.1, 0.15) is 6.04 Å². The van der Waals surface area contributed by atoms with Crippen LogP contribution in [0.5, 0.6) is 0 Å². The van der Waals surface area contributed by atoms with E-state index in [2.05, 4.69) is 15.5 Å².